The Hall–Kier alpha value is -1.20. The monoisotopic (exact) mass is 295 g/mol. The molecule has 1 heterocycles. The van der Waals surface area contributed by atoms with Gasteiger partial charge in [0.2, 0.25) is 5.91 Å². The van der Waals surface area contributed by atoms with Gasteiger partial charge in [0.15, 0.2) is 0 Å². The molecular weight excluding hydrogens is 274 g/mol. The van der Waals surface area contributed by atoms with Crippen molar-refractivity contribution in [1.82, 2.24) is 4.90 Å². The molecule has 1 N–H and O–H groups in total. The van der Waals surface area contributed by atoms with E-state index in [0.29, 0.717) is 12.3 Å². The highest BCUT2D eigenvalue weighted by atomic mass is 32.2. The molecule has 1 saturated heterocycles. The van der Waals surface area contributed by atoms with Crippen LogP contribution in [0.4, 0.5) is 0 Å². The molecule has 0 saturated carbocycles. The molecule has 0 radical (unpaired) electrons. The first-order chi connectivity index (χ1) is 9.48. The molecule has 1 aliphatic heterocycles. The van der Waals surface area contributed by atoms with Gasteiger partial charge in [0.25, 0.3) is 0 Å². The molecule has 1 amide bonds. The van der Waals surface area contributed by atoms with Crippen LogP contribution in [0.1, 0.15) is 24.8 Å². The van der Waals surface area contributed by atoms with Gasteiger partial charge in [0, 0.05) is 24.1 Å². The third-order valence-corrected chi connectivity index (χ3v) is 4.64. The number of ether oxygens (including phenoxy) is 1. The maximum atomic E-state index is 12.1. The van der Waals surface area contributed by atoms with Gasteiger partial charge in [-0.3, -0.25) is 4.79 Å². The molecule has 0 aromatic heterocycles. The topological polar surface area (TPSA) is 49.8 Å². The van der Waals surface area contributed by atoms with E-state index in [2.05, 4.69) is 0 Å². The lowest BCUT2D eigenvalue weighted by atomic mass is 9.94. The van der Waals surface area contributed by atoms with Crippen LogP contribution in [0.15, 0.2) is 24.3 Å². The van der Waals surface area contributed by atoms with Crippen molar-refractivity contribution in [2.45, 2.75) is 19.2 Å². The van der Waals surface area contributed by atoms with Gasteiger partial charge < -0.3 is 14.7 Å². The maximum absolute atomic E-state index is 12.1. The summed E-state index contributed by atoms with van der Waals surface area (Å²) >= 11 is 1.61. The van der Waals surface area contributed by atoms with Crippen LogP contribution >= 0.6 is 11.8 Å². The Morgan fingerprint density at radius 1 is 1.45 bits per heavy atom. The van der Waals surface area contributed by atoms with Crippen LogP contribution < -0.4 is 4.74 Å². The summed E-state index contributed by atoms with van der Waals surface area (Å²) in [5.74, 6) is 1.39. The number of benzene rings is 1. The van der Waals surface area contributed by atoms with Gasteiger partial charge >= 0.3 is 0 Å². The van der Waals surface area contributed by atoms with E-state index in [1.165, 1.54) is 0 Å². The van der Waals surface area contributed by atoms with Crippen LogP contribution in [-0.4, -0.2) is 41.9 Å². The van der Waals surface area contributed by atoms with Gasteiger partial charge in [0.05, 0.1) is 12.9 Å². The Balaban J connectivity index is 2.28. The van der Waals surface area contributed by atoms with Crippen LogP contribution in [0.5, 0.6) is 5.75 Å². The molecule has 1 aromatic rings. The van der Waals surface area contributed by atoms with Gasteiger partial charge in [0.1, 0.15) is 11.1 Å². The molecule has 110 valence electrons. The predicted molar refractivity (Wildman–Crippen MR) is 80.8 cm³/mol. The fourth-order valence-corrected chi connectivity index (χ4v) is 3.48. The predicted octanol–water partition coefficient (Wildman–Crippen LogP) is 2.29. The van der Waals surface area contributed by atoms with E-state index in [-0.39, 0.29) is 23.3 Å². The third kappa shape index (κ3) is 3.10. The van der Waals surface area contributed by atoms with E-state index in [1.807, 2.05) is 43.0 Å². The molecule has 2 rings (SSSR count). The third-order valence-electron chi connectivity index (χ3n) is 3.40. The van der Waals surface area contributed by atoms with Gasteiger partial charge in [-0.1, -0.05) is 32.0 Å². The van der Waals surface area contributed by atoms with E-state index in [1.54, 1.807) is 18.9 Å². The minimum atomic E-state index is -0.305. The first-order valence-corrected chi connectivity index (χ1v) is 7.68. The summed E-state index contributed by atoms with van der Waals surface area (Å²) in [6.07, 6.45) is 0. The zero-order chi connectivity index (χ0) is 14.8. The van der Waals surface area contributed by atoms with E-state index >= 15 is 0 Å². The Labute approximate surface area is 124 Å². The number of aliphatic hydroxyl groups excluding tert-OH is 1. The Kier molecular flexibility index (Phi) is 4.60. The fraction of sp³-hybridized carbons (Fsp3) is 0.533. The Morgan fingerprint density at radius 3 is 2.80 bits per heavy atom. The minimum absolute atomic E-state index is 0.0375. The second-order valence-electron chi connectivity index (χ2n) is 5.75. The largest absolute Gasteiger partial charge is 0.496 e. The second kappa shape index (κ2) is 6.06. The average Bonchev–Trinajstić information content (AvgIpc) is 2.79. The number of carbonyl (C=O) groups excluding carboxylic acids is 1. The minimum Gasteiger partial charge on any atom is -0.496 e. The summed E-state index contributed by atoms with van der Waals surface area (Å²) in [4.78, 5) is 14.0. The fourth-order valence-electron chi connectivity index (χ4n) is 2.26. The molecule has 0 spiro atoms. The summed E-state index contributed by atoms with van der Waals surface area (Å²) in [5, 5.41) is 9.39. The van der Waals surface area contributed by atoms with Crippen molar-refractivity contribution in [3.05, 3.63) is 29.8 Å². The number of thioether (sulfide) groups is 1. The molecular formula is C15H21NO3S. The molecule has 1 aliphatic rings. The first kappa shape index (κ1) is 15.2. The zero-order valence-electron chi connectivity index (χ0n) is 12.1. The van der Waals surface area contributed by atoms with Gasteiger partial charge in [-0.05, 0) is 6.07 Å². The maximum Gasteiger partial charge on any atom is 0.233 e. The average molecular weight is 295 g/mol. The van der Waals surface area contributed by atoms with E-state index in [4.69, 9.17) is 4.74 Å². The summed E-state index contributed by atoms with van der Waals surface area (Å²) in [6.45, 7) is 4.52. The highest BCUT2D eigenvalue weighted by Crippen LogP contribution is 2.43. The summed E-state index contributed by atoms with van der Waals surface area (Å²) in [5.41, 5.74) is 0.709. The molecule has 20 heavy (non-hydrogen) atoms. The number of carbonyl (C=O) groups is 1. The number of amides is 1. The SMILES string of the molecule is COc1ccccc1C1SCC(=O)N1CC(C)(C)CO. The quantitative estimate of drug-likeness (QED) is 0.905. The number of methoxy groups -OCH3 is 1. The lowest BCUT2D eigenvalue weighted by molar-refractivity contribution is -0.129. The van der Waals surface area contributed by atoms with Gasteiger partial charge in [-0.15, -0.1) is 11.8 Å². The number of hydrogen-bond acceptors (Lipinski definition) is 4. The van der Waals surface area contributed by atoms with Crippen molar-refractivity contribution < 1.29 is 14.6 Å². The standard InChI is InChI=1S/C15H21NO3S/c1-15(2,10-17)9-16-13(18)8-20-14(16)11-6-4-5-7-12(11)19-3/h4-7,14,17H,8-10H2,1-3H3. The summed E-state index contributed by atoms with van der Waals surface area (Å²) < 4.78 is 5.40. The van der Waals surface area contributed by atoms with Crippen LogP contribution in [0, 0.1) is 5.41 Å². The van der Waals surface area contributed by atoms with Crippen molar-refractivity contribution in [3.63, 3.8) is 0 Å². The van der Waals surface area contributed by atoms with Crippen LogP contribution in [0.25, 0.3) is 0 Å². The molecule has 1 fully saturated rings. The van der Waals surface area contributed by atoms with Crippen molar-refractivity contribution in [2.75, 3.05) is 26.0 Å². The lowest BCUT2D eigenvalue weighted by Gasteiger charge is -2.32. The molecule has 4 nitrogen and oxygen atoms in total. The summed E-state index contributed by atoms with van der Waals surface area (Å²) in [6, 6.07) is 7.78. The van der Waals surface area contributed by atoms with Crippen molar-refractivity contribution in [2.24, 2.45) is 5.41 Å². The number of para-hydroxylation sites is 1. The smallest absolute Gasteiger partial charge is 0.233 e. The first-order valence-electron chi connectivity index (χ1n) is 6.63. The lowest BCUT2D eigenvalue weighted by Crippen LogP contribution is -2.38. The summed E-state index contributed by atoms with van der Waals surface area (Å²) in [7, 11) is 1.64. The second-order valence-corrected chi connectivity index (χ2v) is 6.82. The van der Waals surface area contributed by atoms with Crippen LogP contribution in [0.2, 0.25) is 0 Å². The van der Waals surface area contributed by atoms with E-state index < -0.39 is 0 Å². The van der Waals surface area contributed by atoms with Crippen molar-refractivity contribution in [3.8, 4) is 5.75 Å². The highest BCUT2D eigenvalue weighted by Gasteiger charge is 2.37. The van der Waals surface area contributed by atoms with Crippen molar-refractivity contribution >= 4 is 17.7 Å². The zero-order valence-corrected chi connectivity index (χ0v) is 12.9. The van der Waals surface area contributed by atoms with Gasteiger partial charge in [-0.2, -0.15) is 0 Å². The van der Waals surface area contributed by atoms with Crippen molar-refractivity contribution in [1.29, 1.82) is 0 Å². The number of hydrogen-bond donors (Lipinski definition) is 1. The van der Waals surface area contributed by atoms with E-state index in [9.17, 15) is 9.90 Å². The van der Waals surface area contributed by atoms with E-state index in [0.717, 1.165) is 11.3 Å². The number of aliphatic hydroxyl groups is 1. The molecule has 1 aromatic carbocycles. The molecule has 1 unspecified atom stereocenters. The molecule has 0 bridgehead atoms. The van der Waals surface area contributed by atoms with Crippen LogP contribution in [0.3, 0.4) is 0 Å². The van der Waals surface area contributed by atoms with Crippen LogP contribution in [-0.2, 0) is 4.79 Å². The Morgan fingerprint density at radius 2 is 2.15 bits per heavy atom. The number of nitrogens with zero attached hydrogens (tertiary/aromatic N) is 1. The molecule has 1 atom stereocenters. The normalized spacial score (nSPS) is 19.5. The molecule has 5 heteroatoms. The Bertz CT molecular complexity index is 490. The molecule has 0 aliphatic carbocycles. The highest BCUT2D eigenvalue weighted by molar-refractivity contribution is 8.00. The van der Waals surface area contributed by atoms with Gasteiger partial charge in [-0.25, -0.2) is 0 Å². The number of rotatable bonds is 5.